The molecule has 0 bridgehead atoms. The van der Waals surface area contributed by atoms with Crippen LogP contribution >= 0.6 is 0 Å². The molecule has 0 saturated heterocycles. The van der Waals surface area contributed by atoms with Crippen LogP contribution in [-0.2, 0) is 0 Å². The molecule has 0 unspecified atom stereocenters. The van der Waals surface area contributed by atoms with Crippen LogP contribution in [0.1, 0.15) is 46.3 Å². The first-order chi connectivity index (χ1) is 8.00. The number of Topliss-reactive ketones (excluding diaryl/α,β-unsaturated/α-hetero) is 1. The molecule has 1 saturated carbocycles. The molecule has 0 aliphatic heterocycles. The van der Waals surface area contributed by atoms with Crippen molar-refractivity contribution in [3.05, 3.63) is 34.4 Å². The van der Waals surface area contributed by atoms with Gasteiger partial charge in [0.2, 0.25) is 0 Å². The van der Waals surface area contributed by atoms with Gasteiger partial charge in [-0.25, -0.2) is 0 Å². The van der Waals surface area contributed by atoms with Crippen molar-refractivity contribution < 1.29 is 9.90 Å². The van der Waals surface area contributed by atoms with E-state index in [1.807, 2.05) is 19.9 Å². The zero-order valence-electron chi connectivity index (χ0n) is 10.8. The van der Waals surface area contributed by atoms with Gasteiger partial charge in [0.25, 0.3) is 0 Å². The third-order valence-corrected chi connectivity index (χ3v) is 4.18. The molecule has 1 aliphatic rings. The maximum atomic E-state index is 12.5. The monoisotopic (exact) mass is 232 g/mol. The summed E-state index contributed by atoms with van der Waals surface area (Å²) in [4.78, 5) is 12.5. The molecule has 17 heavy (non-hydrogen) atoms. The summed E-state index contributed by atoms with van der Waals surface area (Å²) in [5.41, 5.74) is 3.70. The molecule has 2 heteroatoms. The van der Waals surface area contributed by atoms with Crippen LogP contribution in [0.25, 0.3) is 0 Å². The average molecular weight is 232 g/mol. The van der Waals surface area contributed by atoms with E-state index in [0.717, 1.165) is 36.0 Å². The van der Waals surface area contributed by atoms with E-state index < -0.39 is 5.41 Å². The predicted octanol–water partition coefficient (Wildman–Crippen LogP) is 2.96. The fourth-order valence-corrected chi connectivity index (χ4v) is 2.55. The van der Waals surface area contributed by atoms with Crippen LogP contribution in [0.2, 0.25) is 0 Å². The molecule has 2 nitrogen and oxygen atoms in total. The van der Waals surface area contributed by atoms with Gasteiger partial charge in [-0.3, -0.25) is 4.79 Å². The summed E-state index contributed by atoms with van der Waals surface area (Å²) < 4.78 is 0. The van der Waals surface area contributed by atoms with E-state index in [9.17, 15) is 9.90 Å². The zero-order chi connectivity index (χ0) is 12.6. The maximum Gasteiger partial charge on any atom is 0.171 e. The van der Waals surface area contributed by atoms with Gasteiger partial charge >= 0.3 is 0 Å². The molecule has 1 N–H and O–H groups in total. The summed E-state index contributed by atoms with van der Waals surface area (Å²) in [5.74, 6) is 0.131. The molecule has 0 heterocycles. The first-order valence-electron chi connectivity index (χ1n) is 6.24. The van der Waals surface area contributed by atoms with Gasteiger partial charge < -0.3 is 5.11 Å². The largest absolute Gasteiger partial charge is 0.395 e. The lowest BCUT2D eigenvalue weighted by Crippen LogP contribution is -2.41. The van der Waals surface area contributed by atoms with E-state index in [2.05, 4.69) is 13.0 Å². The van der Waals surface area contributed by atoms with Crippen molar-refractivity contribution in [2.75, 3.05) is 6.61 Å². The Kier molecular flexibility index (Phi) is 3.09. The van der Waals surface area contributed by atoms with E-state index in [1.54, 1.807) is 0 Å². The van der Waals surface area contributed by atoms with Crippen LogP contribution in [-0.4, -0.2) is 17.5 Å². The number of aliphatic hydroxyl groups excluding tert-OH is 1. The second kappa shape index (κ2) is 4.26. The Balaban J connectivity index is 2.40. The van der Waals surface area contributed by atoms with Gasteiger partial charge in [-0.1, -0.05) is 12.5 Å². The minimum absolute atomic E-state index is 0.0157. The molecule has 0 amide bonds. The quantitative estimate of drug-likeness (QED) is 0.813. The van der Waals surface area contributed by atoms with Gasteiger partial charge in [-0.15, -0.1) is 0 Å². The molecule has 0 spiro atoms. The first-order valence-corrected chi connectivity index (χ1v) is 6.24. The number of carbonyl (C=O) groups excluding carboxylic acids is 1. The molecule has 1 fully saturated rings. The van der Waals surface area contributed by atoms with Gasteiger partial charge in [-0.05, 0) is 56.4 Å². The van der Waals surface area contributed by atoms with Crippen molar-refractivity contribution in [2.24, 2.45) is 5.41 Å². The van der Waals surface area contributed by atoms with Gasteiger partial charge in [0.15, 0.2) is 5.78 Å². The molecule has 92 valence electrons. The Morgan fingerprint density at radius 3 is 2.24 bits per heavy atom. The van der Waals surface area contributed by atoms with Crippen molar-refractivity contribution in [3.8, 4) is 0 Å². The zero-order valence-corrected chi connectivity index (χ0v) is 10.8. The summed E-state index contributed by atoms with van der Waals surface area (Å²) in [5, 5.41) is 9.46. The minimum atomic E-state index is -0.480. The summed E-state index contributed by atoms with van der Waals surface area (Å²) in [7, 11) is 0. The highest BCUT2D eigenvalue weighted by molar-refractivity contribution is 6.02. The van der Waals surface area contributed by atoms with Crippen LogP contribution in [0, 0.1) is 26.2 Å². The highest BCUT2D eigenvalue weighted by atomic mass is 16.3. The highest BCUT2D eigenvalue weighted by Gasteiger charge is 2.44. The van der Waals surface area contributed by atoms with Gasteiger partial charge in [0, 0.05) is 5.56 Å². The fourth-order valence-electron chi connectivity index (χ4n) is 2.55. The van der Waals surface area contributed by atoms with Crippen molar-refractivity contribution >= 4 is 5.78 Å². The average Bonchev–Trinajstić information content (AvgIpc) is 2.22. The molecule has 2 rings (SSSR count). The van der Waals surface area contributed by atoms with E-state index in [1.165, 1.54) is 5.56 Å². The number of carbonyl (C=O) groups is 1. The molecule has 1 aliphatic carbocycles. The van der Waals surface area contributed by atoms with Gasteiger partial charge in [-0.2, -0.15) is 0 Å². The molecule has 0 atom stereocenters. The second-order valence-electron chi connectivity index (χ2n) is 5.37. The molecule has 1 aromatic rings. The van der Waals surface area contributed by atoms with Crippen molar-refractivity contribution in [1.29, 1.82) is 0 Å². The Morgan fingerprint density at radius 1 is 1.18 bits per heavy atom. The summed E-state index contributed by atoms with van der Waals surface area (Å²) in [6.45, 7) is 6.04. The Morgan fingerprint density at radius 2 is 1.76 bits per heavy atom. The highest BCUT2D eigenvalue weighted by Crippen LogP contribution is 2.43. The fraction of sp³-hybridized carbons (Fsp3) is 0.533. The van der Waals surface area contributed by atoms with Crippen molar-refractivity contribution in [1.82, 2.24) is 0 Å². The SMILES string of the molecule is Cc1cc(C)c(C(=O)C2(CO)CCC2)cc1C. The smallest absolute Gasteiger partial charge is 0.171 e. The lowest BCUT2D eigenvalue weighted by molar-refractivity contribution is 0.0347. The number of aliphatic hydroxyl groups is 1. The predicted molar refractivity (Wildman–Crippen MR) is 68.4 cm³/mol. The standard InChI is InChI=1S/C15H20O2/c1-10-7-12(3)13(8-11(10)2)14(17)15(9-16)5-4-6-15/h7-8,16H,4-6,9H2,1-3H3. The van der Waals surface area contributed by atoms with Crippen LogP contribution in [0.4, 0.5) is 0 Å². The Hall–Kier alpha value is -1.15. The van der Waals surface area contributed by atoms with E-state index in [0.29, 0.717) is 0 Å². The van der Waals surface area contributed by atoms with Crippen LogP contribution in [0.5, 0.6) is 0 Å². The summed E-state index contributed by atoms with van der Waals surface area (Å²) >= 11 is 0. The topological polar surface area (TPSA) is 37.3 Å². The lowest BCUT2D eigenvalue weighted by atomic mass is 9.64. The first kappa shape index (κ1) is 12.3. The lowest BCUT2D eigenvalue weighted by Gasteiger charge is -2.39. The number of hydrogen-bond acceptors (Lipinski definition) is 2. The number of rotatable bonds is 3. The molecule has 0 radical (unpaired) electrons. The number of aryl methyl sites for hydroxylation is 3. The van der Waals surface area contributed by atoms with Crippen LogP contribution in [0.15, 0.2) is 12.1 Å². The van der Waals surface area contributed by atoms with E-state index >= 15 is 0 Å². The number of hydrogen-bond donors (Lipinski definition) is 1. The third kappa shape index (κ3) is 1.91. The molecular weight excluding hydrogens is 212 g/mol. The molecule has 0 aromatic heterocycles. The third-order valence-electron chi connectivity index (χ3n) is 4.18. The van der Waals surface area contributed by atoms with E-state index in [-0.39, 0.29) is 12.4 Å². The van der Waals surface area contributed by atoms with Crippen LogP contribution in [0.3, 0.4) is 0 Å². The molecular formula is C15H20O2. The summed E-state index contributed by atoms with van der Waals surface area (Å²) in [6.07, 6.45) is 2.71. The van der Waals surface area contributed by atoms with E-state index in [4.69, 9.17) is 0 Å². The summed E-state index contributed by atoms with van der Waals surface area (Å²) in [6, 6.07) is 4.04. The van der Waals surface area contributed by atoms with Crippen molar-refractivity contribution in [2.45, 2.75) is 40.0 Å². The Labute approximate surface area is 103 Å². The minimum Gasteiger partial charge on any atom is -0.395 e. The van der Waals surface area contributed by atoms with Crippen molar-refractivity contribution in [3.63, 3.8) is 0 Å². The van der Waals surface area contributed by atoms with Gasteiger partial charge in [0.05, 0.1) is 12.0 Å². The van der Waals surface area contributed by atoms with Crippen LogP contribution < -0.4 is 0 Å². The molecule has 1 aromatic carbocycles. The van der Waals surface area contributed by atoms with Gasteiger partial charge in [0.1, 0.15) is 0 Å². The number of ketones is 1. The maximum absolute atomic E-state index is 12.5. The number of benzene rings is 1. The normalized spacial score (nSPS) is 17.6. The Bertz CT molecular complexity index is 451. The second-order valence-corrected chi connectivity index (χ2v) is 5.37.